The van der Waals surface area contributed by atoms with E-state index >= 15 is 0 Å². The maximum atomic E-state index is 11.6. The van der Waals surface area contributed by atoms with E-state index < -0.39 is 0 Å². The lowest BCUT2D eigenvalue weighted by atomic mass is 10.4. The monoisotopic (exact) mass is 325 g/mol. The third-order valence-electron chi connectivity index (χ3n) is 3.00. The second-order valence-corrected chi connectivity index (χ2v) is 6.26. The van der Waals surface area contributed by atoms with Gasteiger partial charge in [0.1, 0.15) is 6.54 Å². The van der Waals surface area contributed by atoms with Gasteiger partial charge in [0, 0.05) is 30.9 Å². The van der Waals surface area contributed by atoms with E-state index in [4.69, 9.17) is 0 Å². The van der Waals surface area contributed by atoms with E-state index in [1.807, 2.05) is 20.8 Å². The highest BCUT2D eigenvalue weighted by atomic mass is 32.1. The van der Waals surface area contributed by atoms with Crippen molar-refractivity contribution < 1.29 is 4.79 Å². The lowest BCUT2D eigenvalue weighted by Gasteiger charge is -2.10. The van der Waals surface area contributed by atoms with Gasteiger partial charge in [0.25, 0.3) is 0 Å². The molecule has 0 aliphatic heterocycles. The number of rotatable bonds is 8. The molecule has 1 aromatic heterocycles. The van der Waals surface area contributed by atoms with Gasteiger partial charge in [-0.1, -0.05) is 6.92 Å². The van der Waals surface area contributed by atoms with Gasteiger partial charge < -0.3 is 16.0 Å². The van der Waals surface area contributed by atoms with Crippen LogP contribution in [-0.4, -0.2) is 43.0 Å². The smallest absolute Gasteiger partial charge is 0.241 e. The quantitative estimate of drug-likeness (QED) is 0.498. The van der Waals surface area contributed by atoms with Crippen LogP contribution >= 0.6 is 11.3 Å². The number of carbonyl (C=O) groups excluding carboxylic acids is 1. The predicted octanol–water partition coefficient (Wildman–Crippen LogP) is 1.38. The summed E-state index contributed by atoms with van der Waals surface area (Å²) in [5.74, 6) is 0.615. The Bertz CT molecular complexity index is 479. The Kier molecular flexibility index (Phi) is 8.50. The maximum absolute atomic E-state index is 11.6. The summed E-state index contributed by atoms with van der Waals surface area (Å²) in [5, 5.41) is 10.3. The van der Waals surface area contributed by atoms with Crippen LogP contribution in [0.2, 0.25) is 0 Å². The highest BCUT2D eigenvalue weighted by molar-refractivity contribution is 7.11. The summed E-state index contributed by atoms with van der Waals surface area (Å²) in [6, 6.07) is 0. The molecule has 0 atom stereocenters. The van der Waals surface area contributed by atoms with E-state index in [0.29, 0.717) is 12.5 Å². The van der Waals surface area contributed by atoms with Crippen LogP contribution in [0.1, 0.15) is 35.8 Å². The van der Waals surface area contributed by atoms with E-state index in [9.17, 15) is 4.79 Å². The zero-order valence-electron chi connectivity index (χ0n) is 14.0. The Hall–Kier alpha value is -1.63. The van der Waals surface area contributed by atoms with Crippen LogP contribution in [0.15, 0.2) is 4.99 Å². The molecular weight excluding hydrogens is 298 g/mol. The fourth-order valence-corrected chi connectivity index (χ4v) is 2.68. The fraction of sp³-hybridized carbons (Fsp3) is 0.667. The van der Waals surface area contributed by atoms with Crippen molar-refractivity contribution in [2.24, 2.45) is 4.99 Å². The van der Waals surface area contributed by atoms with Crippen molar-refractivity contribution >= 4 is 23.2 Å². The minimum atomic E-state index is -0.0507. The number of hydrogen-bond acceptors (Lipinski definition) is 4. The zero-order chi connectivity index (χ0) is 16.4. The van der Waals surface area contributed by atoms with E-state index in [0.717, 1.165) is 36.6 Å². The van der Waals surface area contributed by atoms with Crippen molar-refractivity contribution in [3.63, 3.8) is 0 Å². The number of carbonyl (C=O) groups is 1. The second kappa shape index (κ2) is 10.2. The minimum absolute atomic E-state index is 0.0507. The van der Waals surface area contributed by atoms with Crippen LogP contribution in [-0.2, 0) is 11.2 Å². The van der Waals surface area contributed by atoms with Crippen LogP contribution in [0.4, 0.5) is 0 Å². The maximum Gasteiger partial charge on any atom is 0.241 e. The van der Waals surface area contributed by atoms with Crippen molar-refractivity contribution in [3.05, 3.63) is 15.6 Å². The molecule has 0 saturated heterocycles. The minimum Gasteiger partial charge on any atom is -0.357 e. The molecule has 7 heteroatoms. The van der Waals surface area contributed by atoms with Gasteiger partial charge in [0.05, 0.1) is 10.7 Å². The van der Waals surface area contributed by atoms with Crippen LogP contribution in [0, 0.1) is 13.8 Å². The standard InChI is InChI=1S/C15H27N5OS/c1-5-8-17-13(21)10-19-15(16-6-2)18-9-7-14-20-11(3)12(4)22-14/h5-10H2,1-4H3,(H,17,21)(H2,16,18,19). The molecule has 0 radical (unpaired) electrons. The van der Waals surface area contributed by atoms with Crippen molar-refractivity contribution in [2.45, 2.75) is 40.5 Å². The summed E-state index contributed by atoms with van der Waals surface area (Å²) in [7, 11) is 0. The van der Waals surface area contributed by atoms with Crippen molar-refractivity contribution in [2.75, 3.05) is 26.2 Å². The zero-order valence-corrected chi connectivity index (χ0v) is 14.8. The topological polar surface area (TPSA) is 78.4 Å². The Morgan fingerprint density at radius 1 is 1.18 bits per heavy atom. The predicted molar refractivity (Wildman–Crippen MR) is 92.6 cm³/mol. The first-order valence-corrected chi connectivity index (χ1v) is 8.60. The Morgan fingerprint density at radius 2 is 1.95 bits per heavy atom. The molecule has 1 rings (SSSR count). The van der Waals surface area contributed by atoms with Crippen LogP contribution in [0.25, 0.3) is 0 Å². The van der Waals surface area contributed by atoms with Crippen molar-refractivity contribution in [1.29, 1.82) is 0 Å². The largest absolute Gasteiger partial charge is 0.357 e. The molecule has 22 heavy (non-hydrogen) atoms. The van der Waals surface area contributed by atoms with E-state index in [1.54, 1.807) is 11.3 Å². The second-order valence-electron chi connectivity index (χ2n) is 4.97. The number of aliphatic imine (C=N–C) groups is 1. The summed E-state index contributed by atoms with van der Waals surface area (Å²) in [4.78, 5) is 21.6. The molecular formula is C15H27N5OS. The summed E-state index contributed by atoms with van der Waals surface area (Å²) >= 11 is 1.73. The number of aryl methyl sites for hydroxylation is 2. The van der Waals surface area contributed by atoms with E-state index in [1.165, 1.54) is 4.88 Å². The van der Waals surface area contributed by atoms with E-state index in [-0.39, 0.29) is 12.5 Å². The molecule has 1 aromatic rings. The van der Waals surface area contributed by atoms with Gasteiger partial charge in [0.15, 0.2) is 5.96 Å². The van der Waals surface area contributed by atoms with Crippen LogP contribution in [0.5, 0.6) is 0 Å². The SMILES string of the molecule is CCCNC(=O)CN=C(NCC)NCCc1nc(C)c(C)s1. The van der Waals surface area contributed by atoms with Crippen molar-refractivity contribution in [3.8, 4) is 0 Å². The van der Waals surface area contributed by atoms with Gasteiger partial charge in [-0.15, -0.1) is 11.3 Å². The number of hydrogen-bond donors (Lipinski definition) is 3. The number of nitrogens with zero attached hydrogens (tertiary/aromatic N) is 2. The molecule has 1 amide bonds. The average molecular weight is 325 g/mol. The molecule has 0 spiro atoms. The molecule has 1 heterocycles. The molecule has 124 valence electrons. The Balaban J connectivity index is 2.41. The number of aromatic nitrogens is 1. The molecule has 0 unspecified atom stereocenters. The normalized spacial score (nSPS) is 11.4. The van der Waals surface area contributed by atoms with Crippen LogP contribution < -0.4 is 16.0 Å². The van der Waals surface area contributed by atoms with E-state index in [2.05, 4.69) is 32.9 Å². The fourth-order valence-electron chi connectivity index (χ4n) is 1.75. The molecule has 6 nitrogen and oxygen atoms in total. The number of nitrogens with one attached hydrogen (secondary N) is 3. The lowest BCUT2D eigenvalue weighted by Crippen LogP contribution is -2.39. The molecule has 0 saturated carbocycles. The van der Waals surface area contributed by atoms with Gasteiger partial charge in [0.2, 0.25) is 5.91 Å². The molecule has 0 bridgehead atoms. The number of amides is 1. The lowest BCUT2D eigenvalue weighted by molar-refractivity contribution is -0.119. The number of thiazole rings is 1. The average Bonchev–Trinajstić information content (AvgIpc) is 2.81. The highest BCUT2D eigenvalue weighted by Crippen LogP contribution is 2.16. The third kappa shape index (κ3) is 6.89. The van der Waals surface area contributed by atoms with Gasteiger partial charge in [-0.3, -0.25) is 4.79 Å². The van der Waals surface area contributed by atoms with Gasteiger partial charge in [-0.05, 0) is 27.2 Å². The van der Waals surface area contributed by atoms with Gasteiger partial charge in [-0.25, -0.2) is 9.98 Å². The third-order valence-corrected chi connectivity index (χ3v) is 4.13. The Labute approximate surface area is 136 Å². The first-order chi connectivity index (χ1) is 10.6. The summed E-state index contributed by atoms with van der Waals surface area (Å²) in [6.45, 7) is 10.5. The molecule has 3 N–H and O–H groups in total. The first kappa shape index (κ1) is 18.4. The Morgan fingerprint density at radius 3 is 2.55 bits per heavy atom. The molecule has 0 aliphatic rings. The molecule has 0 fully saturated rings. The van der Waals surface area contributed by atoms with Crippen molar-refractivity contribution in [1.82, 2.24) is 20.9 Å². The highest BCUT2D eigenvalue weighted by Gasteiger charge is 2.05. The first-order valence-electron chi connectivity index (χ1n) is 7.78. The number of guanidine groups is 1. The summed E-state index contributed by atoms with van der Waals surface area (Å²) in [5.41, 5.74) is 1.10. The summed E-state index contributed by atoms with van der Waals surface area (Å²) in [6.07, 6.45) is 1.78. The molecule has 0 aliphatic carbocycles. The van der Waals surface area contributed by atoms with Crippen LogP contribution in [0.3, 0.4) is 0 Å². The van der Waals surface area contributed by atoms with Gasteiger partial charge in [-0.2, -0.15) is 0 Å². The van der Waals surface area contributed by atoms with Gasteiger partial charge >= 0.3 is 0 Å². The summed E-state index contributed by atoms with van der Waals surface area (Å²) < 4.78 is 0. The molecule has 0 aromatic carbocycles.